The minimum Gasteiger partial charge on any atom is -0.461 e. The van der Waals surface area contributed by atoms with E-state index in [1.807, 2.05) is 13.8 Å². The molecule has 0 saturated carbocycles. The third kappa shape index (κ3) is 5.87. The van der Waals surface area contributed by atoms with Gasteiger partial charge in [-0.1, -0.05) is 53.1 Å². The highest BCUT2D eigenvalue weighted by Crippen LogP contribution is 2.23. The summed E-state index contributed by atoms with van der Waals surface area (Å²) in [5.41, 5.74) is 0.778. The molecule has 0 aliphatic rings. The zero-order valence-corrected chi connectivity index (χ0v) is 17.7. The number of hydrogen-bond acceptors (Lipinski definition) is 5. The van der Waals surface area contributed by atoms with Crippen LogP contribution >= 0.6 is 11.6 Å². The van der Waals surface area contributed by atoms with Crippen molar-refractivity contribution in [2.45, 2.75) is 48.5 Å². The lowest BCUT2D eigenvalue weighted by molar-refractivity contribution is 0.0519. The molecule has 0 bridgehead atoms. The molecule has 2 heterocycles. The summed E-state index contributed by atoms with van der Waals surface area (Å²) in [6.45, 7) is 16.5. The second-order valence-corrected chi connectivity index (χ2v) is 7.04. The summed E-state index contributed by atoms with van der Waals surface area (Å²) in [6.07, 6.45) is 0. The Bertz CT molecular complexity index is 703. The summed E-state index contributed by atoms with van der Waals surface area (Å²) in [6, 6.07) is 3.40. The molecule has 146 valence electrons. The lowest BCUT2D eigenvalue weighted by Gasteiger charge is -2.28. The smallest absolute Gasteiger partial charge is 0.358 e. The van der Waals surface area contributed by atoms with Gasteiger partial charge in [-0.15, -0.1) is 0 Å². The first kappa shape index (κ1) is 22.2. The highest BCUT2D eigenvalue weighted by molar-refractivity contribution is 6.29. The molecule has 0 amide bonds. The van der Waals surface area contributed by atoms with E-state index >= 15 is 0 Å². The average molecular weight is 383 g/mol. The molecule has 7 heteroatoms. The van der Waals surface area contributed by atoms with Gasteiger partial charge < -0.3 is 9.64 Å². The molecule has 0 aliphatic heterocycles. The molecule has 0 aromatic carbocycles. The van der Waals surface area contributed by atoms with Crippen molar-refractivity contribution >= 4 is 29.0 Å². The van der Waals surface area contributed by atoms with Gasteiger partial charge in [0.05, 0.1) is 6.61 Å². The van der Waals surface area contributed by atoms with Crippen molar-refractivity contribution < 1.29 is 9.53 Å². The highest BCUT2D eigenvalue weighted by Gasteiger charge is 2.19. The van der Waals surface area contributed by atoms with E-state index in [2.05, 4.69) is 42.7 Å². The van der Waals surface area contributed by atoms with Gasteiger partial charge in [-0.05, 0) is 18.8 Å². The standard InChI is InChI=1S/C17H25ClN4O2.C2H6/c1-6-24-17(23)13-7-15-19-14(18)8-16(22(15)20-13)21(9-11(2)3)10-12(4)5;1-2/h7-8,11-12H,6,9-10H2,1-5H3;1-2H3. The maximum Gasteiger partial charge on any atom is 0.358 e. The predicted octanol–water partition coefficient (Wildman–Crippen LogP) is 4.70. The van der Waals surface area contributed by atoms with Crippen molar-refractivity contribution in [3.63, 3.8) is 0 Å². The Hall–Kier alpha value is -1.82. The topological polar surface area (TPSA) is 59.7 Å². The van der Waals surface area contributed by atoms with Gasteiger partial charge in [0, 0.05) is 25.2 Å². The summed E-state index contributed by atoms with van der Waals surface area (Å²) in [5.74, 6) is 1.34. The normalized spacial score (nSPS) is 10.8. The fourth-order valence-electron chi connectivity index (χ4n) is 2.60. The second kappa shape index (κ2) is 10.4. The maximum absolute atomic E-state index is 12.0. The number of carbonyl (C=O) groups is 1. The fourth-order valence-corrected chi connectivity index (χ4v) is 2.79. The molecular formula is C19H31ClN4O2. The largest absolute Gasteiger partial charge is 0.461 e. The van der Waals surface area contributed by atoms with E-state index < -0.39 is 5.97 Å². The predicted molar refractivity (Wildman–Crippen MR) is 107 cm³/mol. The van der Waals surface area contributed by atoms with Crippen LogP contribution in [-0.2, 0) is 4.74 Å². The van der Waals surface area contributed by atoms with Gasteiger partial charge in [0.15, 0.2) is 11.3 Å². The quantitative estimate of drug-likeness (QED) is 0.513. The molecular weight excluding hydrogens is 352 g/mol. The molecule has 6 nitrogen and oxygen atoms in total. The van der Waals surface area contributed by atoms with Crippen molar-refractivity contribution in [2.75, 3.05) is 24.6 Å². The van der Waals surface area contributed by atoms with E-state index in [0.29, 0.717) is 29.2 Å². The molecule has 2 aromatic heterocycles. The van der Waals surface area contributed by atoms with Crippen LogP contribution < -0.4 is 4.90 Å². The van der Waals surface area contributed by atoms with Crippen molar-refractivity contribution in [1.82, 2.24) is 14.6 Å². The number of carbonyl (C=O) groups excluding carboxylic acids is 1. The number of nitrogens with zero attached hydrogens (tertiary/aromatic N) is 4. The molecule has 0 fully saturated rings. The van der Waals surface area contributed by atoms with Gasteiger partial charge in [-0.25, -0.2) is 9.78 Å². The number of fused-ring (bicyclic) bond motifs is 1. The molecule has 0 N–H and O–H groups in total. The summed E-state index contributed by atoms with van der Waals surface area (Å²) in [5, 5.41) is 4.77. The lowest BCUT2D eigenvalue weighted by Crippen LogP contribution is -2.33. The van der Waals surface area contributed by atoms with E-state index in [1.54, 1.807) is 23.6 Å². The van der Waals surface area contributed by atoms with Crippen LogP contribution in [0.1, 0.15) is 59.0 Å². The number of hydrogen-bond donors (Lipinski definition) is 0. The zero-order chi connectivity index (χ0) is 19.9. The Morgan fingerprint density at radius 3 is 2.27 bits per heavy atom. The van der Waals surface area contributed by atoms with Crippen LogP contribution in [-0.4, -0.2) is 40.3 Å². The molecule has 0 saturated heterocycles. The van der Waals surface area contributed by atoms with E-state index in [0.717, 1.165) is 18.9 Å². The first-order valence-electron chi connectivity index (χ1n) is 9.30. The Morgan fingerprint density at radius 1 is 1.19 bits per heavy atom. The SMILES string of the molecule is CC.CCOC(=O)c1cc2nc(Cl)cc(N(CC(C)C)CC(C)C)n2n1. The molecule has 0 unspecified atom stereocenters. The number of halogens is 1. The second-order valence-electron chi connectivity index (χ2n) is 6.65. The van der Waals surface area contributed by atoms with Gasteiger partial charge in [0.25, 0.3) is 0 Å². The number of rotatable bonds is 7. The molecule has 2 rings (SSSR count). The van der Waals surface area contributed by atoms with Crippen LogP contribution in [0.4, 0.5) is 5.82 Å². The lowest BCUT2D eigenvalue weighted by atomic mass is 10.1. The number of esters is 1. The Kier molecular flexibility index (Phi) is 8.85. The summed E-state index contributed by atoms with van der Waals surface area (Å²) in [4.78, 5) is 18.5. The van der Waals surface area contributed by atoms with Crippen LogP contribution in [0.15, 0.2) is 12.1 Å². The number of ether oxygens (including phenoxy) is 1. The van der Waals surface area contributed by atoms with E-state index in [1.165, 1.54) is 0 Å². The number of aromatic nitrogens is 3. The van der Waals surface area contributed by atoms with Gasteiger partial charge in [0.1, 0.15) is 11.0 Å². The van der Waals surface area contributed by atoms with Gasteiger partial charge in [-0.2, -0.15) is 9.61 Å². The monoisotopic (exact) mass is 382 g/mol. The first-order valence-corrected chi connectivity index (χ1v) is 9.68. The Balaban J connectivity index is 0.00000163. The minimum absolute atomic E-state index is 0.238. The van der Waals surface area contributed by atoms with Crippen LogP contribution in [0, 0.1) is 11.8 Å². The van der Waals surface area contributed by atoms with E-state index in [9.17, 15) is 4.79 Å². The van der Waals surface area contributed by atoms with Crippen molar-refractivity contribution in [1.29, 1.82) is 0 Å². The molecule has 2 aromatic rings. The summed E-state index contributed by atoms with van der Waals surface area (Å²) in [7, 11) is 0. The van der Waals surface area contributed by atoms with Crippen LogP contribution in [0.25, 0.3) is 5.65 Å². The molecule has 0 atom stereocenters. The third-order valence-corrected chi connectivity index (χ3v) is 3.55. The van der Waals surface area contributed by atoms with Crippen molar-refractivity contribution in [2.24, 2.45) is 11.8 Å². The van der Waals surface area contributed by atoms with Gasteiger partial charge in [-0.3, -0.25) is 0 Å². The van der Waals surface area contributed by atoms with Crippen LogP contribution in [0.2, 0.25) is 5.15 Å². The van der Waals surface area contributed by atoms with Gasteiger partial charge in [0.2, 0.25) is 0 Å². The zero-order valence-electron chi connectivity index (χ0n) is 16.9. The molecule has 26 heavy (non-hydrogen) atoms. The van der Waals surface area contributed by atoms with Crippen LogP contribution in [0.5, 0.6) is 0 Å². The molecule has 0 aliphatic carbocycles. The Morgan fingerprint density at radius 2 is 1.77 bits per heavy atom. The minimum atomic E-state index is -0.454. The summed E-state index contributed by atoms with van der Waals surface area (Å²) < 4.78 is 6.70. The van der Waals surface area contributed by atoms with Crippen LogP contribution in [0.3, 0.4) is 0 Å². The first-order chi connectivity index (χ1) is 12.3. The molecule has 0 radical (unpaired) electrons. The van der Waals surface area contributed by atoms with E-state index in [-0.39, 0.29) is 5.69 Å². The average Bonchev–Trinajstić information content (AvgIpc) is 2.98. The number of anilines is 1. The van der Waals surface area contributed by atoms with Crippen molar-refractivity contribution in [3.8, 4) is 0 Å². The Labute approximate surface area is 161 Å². The van der Waals surface area contributed by atoms with Gasteiger partial charge >= 0.3 is 5.97 Å². The van der Waals surface area contributed by atoms with Crippen molar-refractivity contribution in [3.05, 3.63) is 23.0 Å². The van der Waals surface area contributed by atoms with E-state index in [4.69, 9.17) is 16.3 Å². The third-order valence-electron chi connectivity index (χ3n) is 3.36. The highest BCUT2D eigenvalue weighted by atomic mass is 35.5. The maximum atomic E-state index is 12.0. The fraction of sp³-hybridized carbons (Fsp3) is 0.632. The molecule has 0 spiro atoms. The summed E-state index contributed by atoms with van der Waals surface area (Å²) >= 11 is 6.20.